The van der Waals surface area contributed by atoms with E-state index in [0.29, 0.717) is 24.4 Å². The maximum atomic E-state index is 12.9. The minimum Gasteiger partial charge on any atom is -0.497 e. The van der Waals surface area contributed by atoms with Crippen LogP contribution in [0.25, 0.3) is 0 Å². The molecule has 3 rings (SSSR count). The second-order valence-electron chi connectivity index (χ2n) is 6.68. The molecule has 9 nitrogen and oxygen atoms in total. The number of carbonyl (C=O) groups excluding carboxylic acids is 1. The minimum absolute atomic E-state index is 0.0739. The molecule has 0 aliphatic carbocycles. The molecule has 1 amide bonds. The first-order valence-corrected chi connectivity index (χ1v) is 10.5. The van der Waals surface area contributed by atoms with Crippen molar-refractivity contribution in [1.29, 1.82) is 0 Å². The number of likely N-dealkylation sites (N-methyl/N-ethyl adjacent to an activating group) is 1. The van der Waals surface area contributed by atoms with Crippen LogP contribution in [0.15, 0.2) is 41.6 Å². The molecule has 0 atom stereocenters. The number of piperazine rings is 1. The number of nitrogens with zero attached hydrogens (tertiary/aromatic N) is 3. The molecule has 1 aliphatic rings. The lowest BCUT2D eigenvalue weighted by Crippen LogP contribution is -2.47. The predicted octanol–water partition coefficient (Wildman–Crippen LogP) is 1.29. The third kappa shape index (κ3) is 4.77. The number of pyridine rings is 1. The first kappa shape index (κ1) is 20.9. The fraction of sp³-hybridized carbons (Fsp3) is 0.368. The number of rotatable bonds is 6. The van der Waals surface area contributed by atoms with Gasteiger partial charge in [0.05, 0.1) is 31.7 Å². The maximum Gasteiger partial charge on any atom is 0.265 e. The van der Waals surface area contributed by atoms with Crippen LogP contribution in [0.1, 0.15) is 10.4 Å². The Morgan fingerprint density at radius 1 is 1.07 bits per heavy atom. The van der Waals surface area contributed by atoms with Crippen molar-refractivity contribution >= 4 is 21.6 Å². The zero-order valence-electron chi connectivity index (χ0n) is 16.6. The van der Waals surface area contributed by atoms with Crippen LogP contribution in [-0.4, -0.2) is 76.6 Å². The molecule has 10 heteroatoms. The number of nitrogens with one attached hydrogen (secondary N) is 1. The number of aromatic nitrogens is 1. The standard InChI is InChI=1S/C19H24N4O5S/c1-22-6-8-23(9-7-22)19(24)14-10-15(13-20-12-14)21-29(25,26)18-11-16(27-2)4-5-17(18)28-3/h4-5,10-13,21H,6-9H2,1-3H3. The second kappa shape index (κ2) is 8.66. The third-order valence-electron chi connectivity index (χ3n) is 4.69. The third-order valence-corrected chi connectivity index (χ3v) is 6.09. The summed E-state index contributed by atoms with van der Waals surface area (Å²) in [5.41, 5.74) is 0.516. The number of sulfonamides is 1. The van der Waals surface area contributed by atoms with Gasteiger partial charge in [0.15, 0.2) is 0 Å². The Morgan fingerprint density at radius 3 is 2.45 bits per heavy atom. The lowest BCUT2D eigenvalue weighted by Gasteiger charge is -2.32. The van der Waals surface area contributed by atoms with Crippen LogP contribution in [0.5, 0.6) is 11.5 Å². The Bertz CT molecular complexity index is 988. The van der Waals surface area contributed by atoms with E-state index in [1.165, 1.54) is 44.8 Å². The van der Waals surface area contributed by atoms with Gasteiger partial charge in [0, 0.05) is 38.4 Å². The number of amides is 1. The fourth-order valence-corrected chi connectivity index (χ4v) is 4.23. The van der Waals surface area contributed by atoms with Gasteiger partial charge in [-0.05, 0) is 25.2 Å². The summed E-state index contributed by atoms with van der Waals surface area (Å²) >= 11 is 0. The van der Waals surface area contributed by atoms with Gasteiger partial charge in [0.2, 0.25) is 0 Å². The highest BCUT2D eigenvalue weighted by Crippen LogP contribution is 2.29. The van der Waals surface area contributed by atoms with Crippen LogP contribution >= 0.6 is 0 Å². The molecule has 0 saturated carbocycles. The monoisotopic (exact) mass is 420 g/mol. The van der Waals surface area contributed by atoms with Crippen molar-refractivity contribution < 1.29 is 22.7 Å². The van der Waals surface area contributed by atoms with Crippen molar-refractivity contribution in [2.75, 3.05) is 52.2 Å². The largest absolute Gasteiger partial charge is 0.497 e. The Kier molecular flexibility index (Phi) is 6.23. The number of benzene rings is 1. The topological polar surface area (TPSA) is 101 Å². The molecule has 2 heterocycles. The van der Waals surface area contributed by atoms with Crippen LogP contribution in [0.3, 0.4) is 0 Å². The molecule has 1 aromatic heterocycles. The highest BCUT2D eigenvalue weighted by atomic mass is 32.2. The van der Waals surface area contributed by atoms with Gasteiger partial charge in [0.25, 0.3) is 15.9 Å². The normalized spacial score (nSPS) is 15.1. The minimum atomic E-state index is -3.99. The molecule has 1 aliphatic heterocycles. The lowest BCUT2D eigenvalue weighted by atomic mass is 10.2. The Balaban J connectivity index is 1.84. The van der Waals surface area contributed by atoms with E-state index < -0.39 is 10.0 Å². The van der Waals surface area contributed by atoms with Gasteiger partial charge in [-0.2, -0.15) is 0 Å². The van der Waals surface area contributed by atoms with Gasteiger partial charge in [0.1, 0.15) is 16.4 Å². The quantitative estimate of drug-likeness (QED) is 0.751. The molecular weight excluding hydrogens is 396 g/mol. The maximum absolute atomic E-state index is 12.9. The van der Waals surface area contributed by atoms with E-state index in [0.717, 1.165) is 13.1 Å². The Labute approximate surface area is 170 Å². The lowest BCUT2D eigenvalue weighted by molar-refractivity contribution is 0.0663. The first-order chi connectivity index (χ1) is 13.8. The molecule has 0 spiro atoms. The Morgan fingerprint density at radius 2 is 1.79 bits per heavy atom. The van der Waals surface area contributed by atoms with Crippen LogP contribution in [0.4, 0.5) is 5.69 Å². The molecule has 0 radical (unpaired) electrons. The zero-order valence-corrected chi connectivity index (χ0v) is 17.4. The predicted molar refractivity (Wildman–Crippen MR) is 108 cm³/mol. The summed E-state index contributed by atoms with van der Waals surface area (Å²) in [5, 5.41) is 0. The van der Waals surface area contributed by atoms with Crippen molar-refractivity contribution in [3.05, 3.63) is 42.2 Å². The zero-order chi connectivity index (χ0) is 21.0. The molecule has 0 unspecified atom stereocenters. The van der Waals surface area contributed by atoms with Crippen molar-refractivity contribution in [1.82, 2.24) is 14.8 Å². The molecule has 1 fully saturated rings. The summed E-state index contributed by atoms with van der Waals surface area (Å²) in [6, 6.07) is 5.97. The summed E-state index contributed by atoms with van der Waals surface area (Å²) in [6.45, 7) is 2.82. The SMILES string of the molecule is COc1ccc(OC)c(S(=O)(=O)Nc2cncc(C(=O)N3CCN(C)CC3)c2)c1. The van der Waals surface area contributed by atoms with Gasteiger partial charge in [-0.3, -0.25) is 14.5 Å². The van der Waals surface area contributed by atoms with E-state index in [4.69, 9.17) is 9.47 Å². The Hall–Kier alpha value is -2.85. The van der Waals surface area contributed by atoms with E-state index in [-0.39, 0.29) is 22.2 Å². The number of methoxy groups -OCH3 is 2. The van der Waals surface area contributed by atoms with Crippen LogP contribution < -0.4 is 14.2 Å². The molecule has 0 bridgehead atoms. The summed E-state index contributed by atoms with van der Waals surface area (Å²) < 4.78 is 38.5. The summed E-state index contributed by atoms with van der Waals surface area (Å²) in [4.78, 5) is 20.6. The molecule has 2 aromatic rings. The van der Waals surface area contributed by atoms with Crippen molar-refractivity contribution in [3.63, 3.8) is 0 Å². The van der Waals surface area contributed by atoms with E-state index in [9.17, 15) is 13.2 Å². The smallest absolute Gasteiger partial charge is 0.265 e. The number of anilines is 1. The number of hydrogen-bond acceptors (Lipinski definition) is 7. The number of ether oxygens (including phenoxy) is 2. The molecule has 156 valence electrons. The highest BCUT2D eigenvalue weighted by Gasteiger charge is 2.23. The average molecular weight is 420 g/mol. The van der Waals surface area contributed by atoms with Crippen LogP contribution in [0, 0.1) is 0 Å². The van der Waals surface area contributed by atoms with E-state index in [1.54, 1.807) is 11.0 Å². The van der Waals surface area contributed by atoms with Gasteiger partial charge >= 0.3 is 0 Å². The van der Waals surface area contributed by atoms with Crippen LogP contribution in [-0.2, 0) is 10.0 Å². The highest BCUT2D eigenvalue weighted by molar-refractivity contribution is 7.92. The average Bonchev–Trinajstić information content (AvgIpc) is 2.73. The number of carbonyl (C=O) groups is 1. The van der Waals surface area contributed by atoms with Gasteiger partial charge in [-0.15, -0.1) is 0 Å². The van der Waals surface area contributed by atoms with Crippen molar-refractivity contribution in [2.24, 2.45) is 0 Å². The number of hydrogen-bond donors (Lipinski definition) is 1. The van der Waals surface area contributed by atoms with E-state index >= 15 is 0 Å². The van der Waals surface area contributed by atoms with Crippen molar-refractivity contribution in [3.8, 4) is 11.5 Å². The van der Waals surface area contributed by atoms with Crippen molar-refractivity contribution in [2.45, 2.75) is 4.90 Å². The fourth-order valence-electron chi connectivity index (χ4n) is 3.01. The van der Waals surface area contributed by atoms with Gasteiger partial charge < -0.3 is 19.3 Å². The molecule has 1 aromatic carbocycles. The van der Waals surface area contributed by atoms with E-state index in [2.05, 4.69) is 14.6 Å². The first-order valence-electron chi connectivity index (χ1n) is 9.02. The summed E-state index contributed by atoms with van der Waals surface area (Å²) in [7, 11) is 0.850. The molecular formula is C19H24N4O5S. The molecule has 1 saturated heterocycles. The van der Waals surface area contributed by atoms with Gasteiger partial charge in [-0.25, -0.2) is 8.42 Å². The van der Waals surface area contributed by atoms with Crippen LogP contribution in [0.2, 0.25) is 0 Å². The van der Waals surface area contributed by atoms with E-state index in [1.807, 2.05) is 7.05 Å². The second-order valence-corrected chi connectivity index (χ2v) is 8.33. The molecule has 1 N–H and O–H groups in total. The van der Waals surface area contributed by atoms with Gasteiger partial charge in [-0.1, -0.05) is 0 Å². The summed E-state index contributed by atoms with van der Waals surface area (Å²) in [6.07, 6.45) is 2.79. The molecule has 29 heavy (non-hydrogen) atoms. The summed E-state index contributed by atoms with van der Waals surface area (Å²) in [5.74, 6) is 0.379.